The van der Waals surface area contributed by atoms with Crippen LogP contribution < -0.4 is 5.73 Å². The Balaban J connectivity index is 2.18. The first-order valence-corrected chi connectivity index (χ1v) is 7.83. The quantitative estimate of drug-likeness (QED) is 0.828. The number of halogens is 1. The topological polar surface area (TPSA) is 46.2 Å². The van der Waals surface area contributed by atoms with Crippen LogP contribution in [-0.4, -0.2) is 5.11 Å². The molecule has 0 amide bonds. The third kappa shape index (κ3) is 2.54. The van der Waals surface area contributed by atoms with Gasteiger partial charge in [-0.2, -0.15) is 0 Å². The second kappa shape index (κ2) is 5.70. The highest BCUT2D eigenvalue weighted by molar-refractivity contribution is 6.30. The lowest BCUT2D eigenvalue weighted by molar-refractivity contribution is 0.0196. The minimum absolute atomic E-state index is 0.181. The molecule has 0 radical (unpaired) electrons. The highest BCUT2D eigenvalue weighted by Gasteiger charge is 2.42. The minimum Gasteiger partial charge on any atom is -0.398 e. The molecule has 1 aliphatic rings. The number of nitrogens with two attached hydrogens (primary N) is 1. The molecule has 2 aromatic carbocycles. The van der Waals surface area contributed by atoms with E-state index in [1.54, 1.807) is 12.1 Å². The monoisotopic (exact) mass is 301 g/mol. The van der Waals surface area contributed by atoms with Gasteiger partial charge < -0.3 is 10.8 Å². The Hall–Kier alpha value is -1.51. The summed E-state index contributed by atoms with van der Waals surface area (Å²) in [5.74, 6) is 0.181. The lowest BCUT2D eigenvalue weighted by atomic mass is 9.74. The summed E-state index contributed by atoms with van der Waals surface area (Å²) in [6, 6.07) is 15.2. The van der Waals surface area contributed by atoms with Crippen molar-refractivity contribution in [2.75, 3.05) is 5.73 Å². The van der Waals surface area contributed by atoms with E-state index in [2.05, 4.69) is 0 Å². The standard InChI is InChI=1S/C18H20ClNO/c19-15-10-11-17(20)16(12-15)18(21,14-8-4-5-9-14)13-6-2-1-3-7-13/h1-3,6-7,10-12,14,21H,4-5,8-9,20H2/t18-/m0/s1. The summed E-state index contributed by atoms with van der Waals surface area (Å²) in [7, 11) is 0. The predicted octanol–water partition coefficient (Wildman–Crippen LogP) is 4.35. The predicted molar refractivity (Wildman–Crippen MR) is 87.3 cm³/mol. The van der Waals surface area contributed by atoms with Gasteiger partial charge in [-0.25, -0.2) is 0 Å². The second-order valence-electron chi connectivity index (χ2n) is 5.85. The molecule has 3 N–H and O–H groups in total. The molecule has 1 saturated carbocycles. The largest absolute Gasteiger partial charge is 0.398 e. The van der Waals surface area contributed by atoms with Gasteiger partial charge in [0.05, 0.1) is 0 Å². The van der Waals surface area contributed by atoms with Crippen molar-refractivity contribution < 1.29 is 5.11 Å². The van der Waals surface area contributed by atoms with Gasteiger partial charge in [0.2, 0.25) is 0 Å². The van der Waals surface area contributed by atoms with Gasteiger partial charge in [0, 0.05) is 16.3 Å². The SMILES string of the molecule is Nc1ccc(Cl)cc1[C@](O)(c1ccccc1)C1CCCC1. The first-order chi connectivity index (χ1) is 10.1. The summed E-state index contributed by atoms with van der Waals surface area (Å²) in [5.41, 5.74) is 7.32. The Morgan fingerprint density at radius 3 is 2.38 bits per heavy atom. The maximum atomic E-state index is 11.6. The molecule has 0 spiro atoms. The first kappa shape index (κ1) is 14.4. The van der Waals surface area contributed by atoms with Gasteiger partial charge in [-0.15, -0.1) is 0 Å². The van der Waals surface area contributed by atoms with Gasteiger partial charge in [-0.3, -0.25) is 0 Å². The van der Waals surface area contributed by atoms with Crippen molar-refractivity contribution >= 4 is 17.3 Å². The van der Waals surface area contributed by atoms with Crippen molar-refractivity contribution in [1.29, 1.82) is 0 Å². The molecule has 0 aliphatic heterocycles. The number of benzene rings is 2. The van der Waals surface area contributed by atoms with E-state index in [9.17, 15) is 5.11 Å². The van der Waals surface area contributed by atoms with E-state index in [1.165, 1.54) is 0 Å². The van der Waals surface area contributed by atoms with Crippen molar-refractivity contribution in [2.24, 2.45) is 5.92 Å². The van der Waals surface area contributed by atoms with Gasteiger partial charge in [0.15, 0.2) is 0 Å². The molecule has 1 atom stereocenters. The second-order valence-corrected chi connectivity index (χ2v) is 6.28. The third-order valence-corrected chi connectivity index (χ3v) is 4.82. The van der Waals surface area contributed by atoms with Crippen molar-refractivity contribution in [3.8, 4) is 0 Å². The highest BCUT2D eigenvalue weighted by atomic mass is 35.5. The van der Waals surface area contributed by atoms with Crippen LogP contribution in [0.25, 0.3) is 0 Å². The van der Waals surface area contributed by atoms with Gasteiger partial charge >= 0.3 is 0 Å². The van der Waals surface area contributed by atoms with Gasteiger partial charge in [-0.05, 0) is 42.5 Å². The summed E-state index contributed by atoms with van der Waals surface area (Å²) < 4.78 is 0. The van der Waals surface area contributed by atoms with E-state index in [4.69, 9.17) is 17.3 Å². The molecule has 0 heterocycles. The number of hydrogen-bond donors (Lipinski definition) is 2. The molecule has 110 valence electrons. The van der Waals surface area contributed by atoms with E-state index in [1.807, 2.05) is 36.4 Å². The van der Waals surface area contributed by atoms with Crippen molar-refractivity contribution in [2.45, 2.75) is 31.3 Å². The van der Waals surface area contributed by atoms with E-state index in [-0.39, 0.29) is 5.92 Å². The van der Waals surface area contributed by atoms with Gasteiger partial charge in [0.1, 0.15) is 5.60 Å². The zero-order valence-corrected chi connectivity index (χ0v) is 12.7. The fourth-order valence-corrected chi connectivity index (χ4v) is 3.68. The smallest absolute Gasteiger partial charge is 0.119 e. The van der Waals surface area contributed by atoms with Crippen LogP contribution in [0.4, 0.5) is 5.69 Å². The van der Waals surface area contributed by atoms with E-state index < -0.39 is 5.60 Å². The lowest BCUT2D eigenvalue weighted by Gasteiger charge is -2.36. The summed E-state index contributed by atoms with van der Waals surface area (Å²) in [6.45, 7) is 0. The maximum absolute atomic E-state index is 11.6. The average molecular weight is 302 g/mol. The Morgan fingerprint density at radius 2 is 1.71 bits per heavy atom. The van der Waals surface area contributed by atoms with Gasteiger partial charge in [-0.1, -0.05) is 54.8 Å². The molecule has 21 heavy (non-hydrogen) atoms. The van der Waals surface area contributed by atoms with E-state index in [0.29, 0.717) is 10.7 Å². The molecule has 0 bridgehead atoms. The van der Waals surface area contributed by atoms with Crippen LogP contribution in [-0.2, 0) is 5.60 Å². The fraction of sp³-hybridized carbons (Fsp3) is 0.333. The molecule has 0 unspecified atom stereocenters. The Labute approximate surface area is 130 Å². The lowest BCUT2D eigenvalue weighted by Crippen LogP contribution is -2.36. The molecule has 1 aliphatic carbocycles. The fourth-order valence-electron chi connectivity index (χ4n) is 3.51. The average Bonchev–Trinajstić information content (AvgIpc) is 3.05. The molecule has 1 fully saturated rings. The molecule has 0 saturated heterocycles. The normalized spacial score (nSPS) is 18.6. The molecular formula is C18H20ClNO. The number of nitrogen functional groups attached to an aromatic ring is 1. The first-order valence-electron chi connectivity index (χ1n) is 7.46. The van der Waals surface area contributed by atoms with Crippen LogP contribution in [0.5, 0.6) is 0 Å². The number of anilines is 1. The number of aliphatic hydroxyl groups is 1. The van der Waals surface area contributed by atoms with Crippen molar-refractivity contribution in [3.05, 3.63) is 64.7 Å². The highest BCUT2D eigenvalue weighted by Crippen LogP contribution is 2.47. The van der Waals surface area contributed by atoms with Crippen LogP contribution in [0.15, 0.2) is 48.5 Å². The third-order valence-electron chi connectivity index (χ3n) is 4.59. The van der Waals surface area contributed by atoms with Crippen LogP contribution >= 0.6 is 11.6 Å². The zero-order chi connectivity index (χ0) is 14.9. The summed E-state index contributed by atoms with van der Waals surface area (Å²) in [6.07, 6.45) is 4.33. The summed E-state index contributed by atoms with van der Waals surface area (Å²) in [5, 5.41) is 12.2. The Bertz CT molecular complexity index is 622. The van der Waals surface area contributed by atoms with Crippen molar-refractivity contribution in [3.63, 3.8) is 0 Å². The molecular weight excluding hydrogens is 282 g/mol. The number of hydrogen-bond acceptors (Lipinski definition) is 2. The minimum atomic E-state index is -1.06. The Kier molecular flexibility index (Phi) is 3.92. The summed E-state index contributed by atoms with van der Waals surface area (Å²) in [4.78, 5) is 0. The van der Waals surface area contributed by atoms with Crippen LogP contribution in [0.2, 0.25) is 5.02 Å². The van der Waals surface area contributed by atoms with Crippen LogP contribution in [0, 0.1) is 5.92 Å². The maximum Gasteiger partial charge on any atom is 0.119 e. The van der Waals surface area contributed by atoms with Crippen molar-refractivity contribution in [1.82, 2.24) is 0 Å². The molecule has 2 nitrogen and oxygen atoms in total. The molecule has 3 heteroatoms. The number of rotatable bonds is 3. The van der Waals surface area contributed by atoms with E-state index in [0.717, 1.165) is 36.8 Å². The van der Waals surface area contributed by atoms with E-state index >= 15 is 0 Å². The zero-order valence-electron chi connectivity index (χ0n) is 11.9. The Morgan fingerprint density at radius 1 is 1.05 bits per heavy atom. The van der Waals surface area contributed by atoms with Crippen LogP contribution in [0.3, 0.4) is 0 Å². The van der Waals surface area contributed by atoms with Crippen LogP contribution in [0.1, 0.15) is 36.8 Å². The van der Waals surface area contributed by atoms with Gasteiger partial charge in [0.25, 0.3) is 0 Å². The molecule has 2 aromatic rings. The molecule has 3 rings (SSSR count). The summed E-state index contributed by atoms with van der Waals surface area (Å²) >= 11 is 6.15. The molecule has 0 aromatic heterocycles.